The molecule has 3 rings (SSSR count). The van der Waals surface area contributed by atoms with Crippen molar-refractivity contribution in [2.45, 2.75) is 57.0 Å². The van der Waals surface area contributed by atoms with Gasteiger partial charge in [0.15, 0.2) is 16.8 Å². The lowest BCUT2D eigenvalue weighted by Gasteiger charge is -2.10. The van der Waals surface area contributed by atoms with E-state index < -0.39 is 0 Å². The van der Waals surface area contributed by atoms with Crippen LogP contribution in [-0.2, 0) is 6.54 Å². The Morgan fingerprint density at radius 3 is 2.56 bits per heavy atom. The van der Waals surface area contributed by atoms with Crippen molar-refractivity contribution in [3.63, 3.8) is 0 Å². The molecule has 132 valence electrons. The van der Waals surface area contributed by atoms with E-state index in [1.807, 2.05) is 32.9 Å². The zero-order valence-corrected chi connectivity index (χ0v) is 15.7. The molecule has 3 aromatic rings. The van der Waals surface area contributed by atoms with Crippen LogP contribution in [0.25, 0.3) is 11.4 Å². The molecule has 0 aromatic carbocycles. The van der Waals surface area contributed by atoms with Gasteiger partial charge in [0.2, 0.25) is 5.89 Å². The van der Waals surface area contributed by atoms with Gasteiger partial charge in [-0.3, -0.25) is 4.98 Å². The highest BCUT2D eigenvalue weighted by Gasteiger charge is 2.21. The molecule has 1 unspecified atom stereocenters. The minimum absolute atomic E-state index is 0.00472. The molecule has 0 aliphatic rings. The fraction of sp³-hybridized carbons (Fsp3) is 0.471. The summed E-state index contributed by atoms with van der Waals surface area (Å²) in [6.45, 7) is 9.12. The molecule has 3 heterocycles. The van der Waals surface area contributed by atoms with Gasteiger partial charge >= 0.3 is 0 Å². The second-order valence-electron chi connectivity index (χ2n) is 6.10. The van der Waals surface area contributed by atoms with Crippen LogP contribution in [0.1, 0.15) is 57.0 Å². The Morgan fingerprint density at radius 1 is 1.16 bits per heavy atom. The van der Waals surface area contributed by atoms with Gasteiger partial charge < -0.3 is 9.09 Å². The maximum atomic E-state index is 5.40. The van der Waals surface area contributed by atoms with Crippen molar-refractivity contribution in [2.24, 2.45) is 0 Å². The largest absolute Gasteiger partial charge is 0.338 e. The first-order valence-electron chi connectivity index (χ1n) is 8.43. The normalized spacial score (nSPS) is 12.7. The number of hydrogen-bond acceptors (Lipinski definition) is 7. The number of thioether (sulfide) groups is 1. The Kier molecular flexibility index (Phi) is 5.47. The summed E-state index contributed by atoms with van der Waals surface area (Å²) in [7, 11) is 0. The van der Waals surface area contributed by atoms with E-state index >= 15 is 0 Å². The zero-order valence-electron chi connectivity index (χ0n) is 14.9. The highest BCUT2D eigenvalue weighted by molar-refractivity contribution is 7.99. The van der Waals surface area contributed by atoms with Crippen molar-refractivity contribution in [3.8, 4) is 11.4 Å². The quantitative estimate of drug-likeness (QED) is 0.588. The van der Waals surface area contributed by atoms with Crippen LogP contribution in [0.2, 0.25) is 0 Å². The third-order valence-electron chi connectivity index (χ3n) is 3.71. The van der Waals surface area contributed by atoms with Crippen LogP contribution in [0.5, 0.6) is 0 Å². The fourth-order valence-corrected chi connectivity index (χ4v) is 3.28. The van der Waals surface area contributed by atoms with Gasteiger partial charge in [-0.2, -0.15) is 4.98 Å². The average Bonchev–Trinajstić information content (AvgIpc) is 3.24. The minimum Gasteiger partial charge on any atom is -0.338 e. The van der Waals surface area contributed by atoms with Crippen molar-refractivity contribution in [2.75, 3.05) is 0 Å². The van der Waals surface area contributed by atoms with E-state index in [1.54, 1.807) is 24.2 Å². The summed E-state index contributed by atoms with van der Waals surface area (Å²) in [5.41, 5.74) is 1.01. The second kappa shape index (κ2) is 7.77. The van der Waals surface area contributed by atoms with E-state index in [1.165, 1.54) is 0 Å². The minimum atomic E-state index is 0.00472. The third kappa shape index (κ3) is 3.89. The first-order chi connectivity index (χ1) is 12.1. The topological polar surface area (TPSA) is 82.5 Å². The number of aromatic nitrogens is 6. The Balaban J connectivity index is 1.85. The van der Waals surface area contributed by atoms with E-state index in [9.17, 15) is 0 Å². The first-order valence-corrected chi connectivity index (χ1v) is 9.31. The van der Waals surface area contributed by atoms with Gasteiger partial charge in [0.25, 0.3) is 0 Å². The number of hydrogen-bond donors (Lipinski definition) is 0. The van der Waals surface area contributed by atoms with Crippen molar-refractivity contribution >= 4 is 11.8 Å². The monoisotopic (exact) mass is 358 g/mol. The van der Waals surface area contributed by atoms with Crippen LogP contribution in [0, 0.1) is 0 Å². The molecule has 3 aromatic heterocycles. The van der Waals surface area contributed by atoms with E-state index in [0.29, 0.717) is 5.89 Å². The summed E-state index contributed by atoms with van der Waals surface area (Å²) < 4.78 is 7.54. The van der Waals surface area contributed by atoms with Crippen molar-refractivity contribution in [1.29, 1.82) is 0 Å². The van der Waals surface area contributed by atoms with Crippen LogP contribution in [0.15, 0.2) is 34.2 Å². The fourth-order valence-electron chi connectivity index (χ4n) is 2.37. The van der Waals surface area contributed by atoms with Gasteiger partial charge in [0.05, 0.1) is 5.25 Å². The van der Waals surface area contributed by atoms with Crippen molar-refractivity contribution in [1.82, 2.24) is 29.9 Å². The number of nitrogens with zero attached hydrogens (tertiary/aromatic N) is 6. The molecule has 8 heteroatoms. The lowest BCUT2D eigenvalue weighted by atomic mass is 10.2. The Hall–Kier alpha value is -2.22. The number of rotatable bonds is 7. The predicted octanol–water partition coefficient (Wildman–Crippen LogP) is 4.11. The maximum Gasteiger partial charge on any atom is 0.239 e. The molecular weight excluding hydrogens is 336 g/mol. The van der Waals surface area contributed by atoms with E-state index in [4.69, 9.17) is 4.52 Å². The molecule has 0 fully saturated rings. The van der Waals surface area contributed by atoms with Crippen LogP contribution in [0.3, 0.4) is 0 Å². The summed E-state index contributed by atoms with van der Waals surface area (Å²) in [6.07, 6.45) is 4.53. The Labute approximate surface area is 151 Å². The highest BCUT2D eigenvalue weighted by atomic mass is 32.2. The second-order valence-corrected chi connectivity index (χ2v) is 7.41. The first kappa shape index (κ1) is 17.6. The molecule has 1 atom stereocenters. The van der Waals surface area contributed by atoms with Gasteiger partial charge in [0.1, 0.15) is 0 Å². The molecule has 0 N–H and O–H groups in total. The van der Waals surface area contributed by atoms with E-state index in [2.05, 4.69) is 36.8 Å². The smallest absolute Gasteiger partial charge is 0.239 e. The molecule has 0 saturated heterocycles. The van der Waals surface area contributed by atoms with Gasteiger partial charge in [-0.05, 0) is 25.5 Å². The van der Waals surface area contributed by atoms with Crippen LogP contribution >= 0.6 is 11.8 Å². The number of pyridine rings is 1. The van der Waals surface area contributed by atoms with E-state index in [0.717, 1.165) is 35.3 Å². The summed E-state index contributed by atoms with van der Waals surface area (Å²) in [5, 5.41) is 13.7. The molecule has 0 saturated carbocycles. The summed E-state index contributed by atoms with van der Waals surface area (Å²) in [6, 6.07) is 3.89. The molecule has 0 aliphatic heterocycles. The van der Waals surface area contributed by atoms with Crippen molar-refractivity contribution in [3.05, 3.63) is 36.2 Å². The summed E-state index contributed by atoms with van der Waals surface area (Å²) >= 11 is 1.58. The lowest BCUT2D eigenvalue weighted by Crippen LogP contribution is -2.03. The lowest BCUT2D eigenvalue weighted by molar-refractivity contribution is 0.372. The molecule has 0 radical (unpaired) electrons. The van der Waals surface area contributed by atoms with Gasteiger partial charge in [-0.1, -0.05) is 37.7 Å². The van der Waals surface area contributed by atoms with E-state index in [-0.39, 0.29) is 11.2 Å². The molecular formula is C17H22N6OS. The summed E-state index contributed by atoms with van der Waals surface area (Å²) in [4.78, 5) is 8.55. The Bertz CT molecular complexity index is 814. The van der Waals surface area contributed by atoms with Crippen molar-refractivity contribution < 1.29 is 4.52 Å². The molecule has 7 nitrogen and oxygen atoms in total. The molecule has 25 heavy (non-hydrogen) atoms. The van der Waals surface area contributed by atoms with Gasteiger partial charge in [-0.25, -0.2) is 0 Å². The SMILES string of the molecule is CCCn1c(SC(C)c2nc(C(C)C)no2)nnc1-c1ccncc1. The molecule has 0 amide bonds. The van der Waals surface area contributed by atoms with Gasteiger partial charge in [0, 0.05) is 30.4 Å². The summed E-state index contributed by atoms with van der Waals surface area (Å²) in [5.74, 6) is 2.45. The van der Waals surface area contributed by atoms with Crippen LogP contribution < -0.4 is 0 Å². The van der Waals surface area contributed by atoms with Crippen LogP contribution in [-0.4, -0.2) is 29.9 Å². The zero-order chi connectivity index (χ0) is 17.8. The maximum absolute atomic E-state index is 5.40. The third-order valence-corrected chi connectivity index (χ3v) is 4.77. The molecule has 0 aliphatic carbocycles. The highest BCUT2D eigenvalue weighted by Crippen LogP contribution is 2.35. The Morgan fingerprint density at radius 2 is 1.92 bits per heavy atom. The van der Waals surface area contributed by atoms with Gasteiger partial charge in [-0.15, -0.1) is 10.2 Å². The predicted molar refractivity (Wildman–Crippen MR) is 96.2 cm³/mol. The molecule has 0 spiro atoms. The molecule has 0 bridgehead atoms. The van der Waals surface area contributed by atoms with Crippen LogP contribution in [0.4, 0.5) is 0 Å². The average molecular weight is 358 g/mol. The standard InChI is InChI=1S/C17H22N6OS/c1-5-10-23-15(13-6-8-18-9-7-13)20-21-17(23)25-12(4)16-19-14(11(2)3)22-24-16/h6-9,11-12H,5,10H2,1-4H3.